The Bertz CT molecular complexity index is 714. The van der Waals surface area contributed by atoms with Gasteiger partial charge in [-0.1, -0.05) is 45.2 Å². The molecule has 1 amide bonds. The molecular formula is C21H27NO4. The molecule has 1 N–H and O–H groups in total. The van der Waals surface area contributed by atoms with Gasteiger partial charge in [0.25, 0.3) is 5.91 Å². The molecule has 1 fully saturated rings. The predicted molar refractivity (Wildman–Crippen MR) is 99.0 cm³/mol. The molecule has 0 spiro atoms. The first-order valence-electron chi connectivity index (χ1n) is 9.39. The number of Topliss-reactive ketones (excluding diaryl/α,β-unsaturated/α-hetero) is 1. The lowest BCUT2D eigenvalue weighted by Gasteiger charge is -2.36. The highest BCUT2D eigenvalue weighted by atomic mass is 16.5. The molecule has 3 rings (SSSR count). The van der Waals surface area contributed by atoms with Gasteiger partial charge >= 0.3 is 0 Å². The number of rotatable bonds is 5. The molecule has 26 heavy (non-hydrogen) atoms. The summed E-state index contributed by atoms with van der Waals surface area (Å²) in [4.78, 5) is 27.4. The molecule has 5 nitrogen and oxygen atoms in total. The van der Waals surface area contributed by atoms with Crippen molar-refractivity contribution >= 4 is 11.7 Å². The lowest BCUT2D eigenvalue weighted by atomic mass is 9.88. The summed E-state index contributed by atoms with van der Waals surface area (Å²) < 4.78 is 5.22. The maximum absolute atomic E-state index is 12.9. The molecule has 140 valence electrons. The number of amides is 1. The van der Waals surface area contributed by atoms with Gasteiger partial charge in [0.2, 0.25) is 0 Å². The van der Waals surface area contributed by atoms with Gasteiger partial charge in [0.15, 0.2) is 11.5 Å². The molecule has 1 aromatic rings. The zero-order valence-corrected chi connectivity index (χ0v) is 15.7. The van der Waals surface area contributed by atoms with E-state index in [1.807, 2.05) is 24.3 Å². The Morgan fingerprint density at radius 2 is 1.77 bits per heavy atom. The Hall–Kier alpha value is -2.30. The Balaban J connectivity index is 2.06. The van der Waals surface area contributed by atoms with Crippen molar-refractivity contribution in [3.63, 3.8) is 0 Å². The number of carbonyl (C=O) groups is 2. The SMILES string of the molecule is COc1ccc(C2C(C(=O)C(C)C)=C(O)C(=O)N2C2CCCCC2)cc1. The number of methoxy groups -OCH3 is 1. The molecule has 1 heterocycles. The monoisotopic (exact) mass is 357 g/mol. The van der Waals surface area contributed by atoms with Crippen LogP contribution in [0.2, 0.25) is 0 Å². The molecular weight excluding hydrogens is 330 g/mol. The van der Waals surface area contributed by atoms with Crippen LogP contribution in [0.5, 0.6) is 5.75 Å². The zero-order valence-electron chi connectivity index (χ0n) is 15.7. The van der Waals surface area contributed by atoms with Gasteiger partial charge in [0, 0.05) is 12.0 Å². The number of ketones is 1. The van der Waals surface area contributed by atoms with E-state index in [2.05, 4.69) is 0 Å². The summed E-state index contributed by atoms with van der Waals surface area (Å²) in [6.07, 6.45) is 5.13. The van der Waals surface area contributed by atoms with Crippen LogP contribution in [0, 0.1) is 5.92 Å². The van der Waals surface area contributed by atoms with Crippen molar-refractivity contribution < 1.29 is 19.4 Å². The molecule has 1 unspecified atom stereocenters. The second kappa shape index (κ2) is 7.52. The third-order valence-electron chi connectivity index (χ3n) is 5.43. The molecule has 2 aliphatic rings. The third kappa shape index (κ3) is 3.22. The standard InChI is InChI=1S/C21H27NO4/c1-13(2)19(23)17-18(14-9-11-16(26-3)12-10-14)22(21(25)20(17)24)15-7-5-4-6-8-15/h9-13,15,18,24H,4-8H2,1-3H3. The molecule has 0 radical (unpaired) electrons. The van der Waals surface area contributed by atoms with Gasteiger partial charge in [-0.2, -0.15) is 0 Å². The minimum absolute atomic E-state index is 0.0583. The molecule has 1 aromatic carbocycles. The molecule has 1 atom stereocenters. The number of hydrogen-bond donors (Lipinski definition) is 1. The summed E-state index contributed by atoms with van der Waals surface area (Å²) in [6.45, 7) is 3.59. The Morgan fingerprint density at radius 3 is 2.31 bits per heavy atom. The van der Waals surface area contributed by atoms with E-state index < -0.39 is 11.9 Å². The van der Waals surface area contributed by atoms with Crippen molar-refractivity contribution in [2.24, 2.45) is 5.92 Å². The van der Waals surface area contributed by atoms with Gasteiger partial charge in [-0.05, 0) is 30.5 Å². The van der Waals surface area contributed by atoms with Gasteiger partial charge in [-0.25, -0.2) is 0 Å². The van der Waals surface area contributed by atoms with Gasteiger partial charge in [-0.3, -0.25) is 9.59 Å². The maximum atomic E-state index is 12.9. The Morgan fingerprint density at radius 1 is 1.15 bits per heavy atom. The maximum Gasteiger partial charge on any atom is 0.290 e. The van der Waals surface area contributed by atoms with E-state index in [0.717, 1.165) is 31.2 Å². The number of ether oxygens (including phenoxy) is 1. The molecule has 5 heteroatoms. The van der Waals surface area contributed by atoms with Crippen LogP contribution in [-0.4, -0.2) is 34.8 Å². The van der Waals surface area contributed by atoms with E-state index in [0.29, 0.717) is 5.75 Å². The quantitative estimate of drug-likeness (QED) is 0.866. The first kappa shape index (κ1) is 18.5. The molecule has 1 saturated carbocycles. The fourth-order valence-corrected chi connectivity index (χ4v) is 4.04. The number of carbonyl (C=O) groups excluding carboxylic acids is 2. The molecule has 1 aliphatic heterocycles. The number of benzene rings is 1. The zero-order chi connectivity index (χ0) is 18.8. The highest BCUT2D eigenvalue weighted by Gasteiger charge is 2.46. The minimum atomic E-state index is -0.522. The van der Waals surface area contributed by atoms with Crippen LogP contribution in [0.3, 0.4) is 0 Å². The van der Waals surface area contributed by atoms with Crippen molar-refractivity contribution in [2.45, 2.75) is 58.0 Å². The van der Waals surface area contributed by atoms with Crippen LogP contribution in [0.4, 0.5) is 0 Å². The fraction of sp³-hybridized carbons (Fsp3) is 0.524. The first-order valence-corrected chi connectivity index (χ1v) is 9.39. The Labute approximate surface area is 154 Å². The summed E-state index contributed by atoms with van der Waals surface area (Å²) in [5.74, 6) is -0.536. The summed E-state index contributed by atoms with van der Waals surface area (Å²) in [5.41, 5.74) is 1.07. The lowest BCUT2D eigenvalue weighted by molar-refractivity contribution is -0.132. The van der Waals surface area contributed by atoms with E-state index in [1.165, 1.54) is 6.42 Å². The highest BCUT2D eigenvalue weighted by molar-refractivity contribution is 6.09. The van der Waals surface area contributed by atoms with Crippen molar-refractivity contribution in [1.29, 1.82) is 0 Å². The molecule has 0 saturated heterocycles. The molecule has 0 aromatic heterocycles. The van der Waals surface area contributed by atoms with E-state index in [9.17, 15) is 14.7 Å². The largest absolute Gasteiger partial charge is 0.503 e. The van der Waals surface area contributed by atoms with Gasteiger partial charge < -0.3 is 14.7 Å². The molecule has 0 bridgehead atoms. The van der Waals surface area contributed by atoms with Crippen LogP contribution in [0.1, 0.15) is 57.6 Å². The number of hydrogen-bond acceptors (Lipinski definition) is 4. The van der Waals surface area contributed by atoms with E-state index in [-0.39, 0.29) is 29.1 Å². The fourth-order valence-electron chi connectivity index (χ4n) is 4.04. The smallest absolute Gasteiger partial charge is 0.290 e. The van der Waals surface area contributed by atoms with Crippen molar-refractivity contribution in [1.82, 2.24) is 4.90 Å². The normalized spacial score (nSPS) is 21.6. The minimum Gasteiger partial charge on any atom is -0.503 e. The molecule has 1 aliphatic carbocycles. The average molecular weight is 357 g/mol. The number of aliphatic hydroxyl groups excluding tert-OH is 1. The van der Waals surface area contributed by atoms with E-state index in [1.54, 1.807) is 25.9 Å². The summed E-state index contributed by atoms with van der Waals surface area (Å²) in [6, 6.07) is 6.93. The van der Waals surface area contributed by atoms with Gasteiger partial charge in [0.05, 0.1) is 18.7 Å². The van der Waals surface area contributed by atoms with Crippen molar-refractivity contribution in [3.05, 3.63) is 41.2 Å². The summed E-state index contributed by atoms with van der Waals surface area (Å²) >= 11 is 0. The van der Waals surface area contributed by atoms with Crippen LogP contribution < -0.4 is 4.74 Å². The summed E-state index contributed by atoms with van der Waals surface area (Å²) in [5, 5.41) is 10.6. The van der Waals surface area contributed by atoms with Gasteiger partial charge in [0.1, 0.15) is 5.75 Å². The van der Waals surface area contributed by atoms with Crippen LogP contribution in [0.15, 0.2) is 35.6 Å². The van der Waals surface area contributed by atoms with E-state index >= 15 is 0 Å². The van der Waals surface area contributed by atoms with E-state index in [4.69, 9.17) is 4.74 Å². The first-order chi connectivity index (χ1) is 12.5. The number of nitrogens with zero attached hydrogens (tertiary/aromatic N) is 1. The van der Waals surface area contributed by atoms with Crippen LogP contribution in [-0.2, 0) is 9.59 Å². The second-order valence-corrected chi connectivity index (χ2v) is 7.46. The Kier molecular flexibility index (Phi) is 5.35. The third-order valence-corrected chi connectivity index (χ3v) is 5.43. The second-order valence-electron chi connectivity index (χ2n) is 7.46. The van der Waals surface area contributed by atoms with Gasteiger partial charge in [-0.15, -0.1) is 0 Å². The van der Waals surface area contributed by atoms with Crippen LogP contribution in [0.25, 0.3) is 0 Å². The number of aliphatic hydroxyl groups is 1. The highest BCUT2D eigenvalue weighted by Crippen LogP contribution is 2.42. The average Bonchev–Trinajstić information content (AvgIpc) is 2.93. The van der Waals surface area contributed by atoms with Crippen molar-refractivity contribution in [2.75, 3.05) is 7.11 Å². The predicted octanol–water partition coefficient (Wildman–Crippen LogP) is 3.95. The summed E-state index contributed by atoms with van der Waals surface area (Å²) in [7, 11) is 1.60. The lowest BCUT2D eigenvalue weighted by Crippen LogP contribution is -2.41. The topological polar surface area (TPSA) is 66.8 Å². The van der Waals surface area contributed by atoms with Crippen molar-refractivity contribution in [3.8, 4) is 5.75 Å². The van der Waals surface area contributed by atoms with Crippen LogP contribution >= 0.6 is 0 Å².